The number of hydrogen-bond donors (Lipinski definition) is 1. The smallest absolute Gasteiger partial charge is 0.0820 e. The van der Waals surface area contributed by atoms with E-state index in [4.69, 9.17) is 0 Å². The van der Waals surface area contributed by atoms with Gasteiger partial charge in [-0.1, -0.05) is 12.2 Å². The zero-order chi connectivity index (χ0) is 6.81. The number of nitrogens with zero attached hydrogens (tertiary/aromatic N) is 1. The molecule has 1 radical (unpaired) electrons. The topological polar surface area (TPSA) is 26.1 Å². The number of fused-ring (bicyclic) bond motifs is 1. The molecule has 1 unspecified atom stereocenters. The van der Waals surface area contributed by atoms with Crippen LogP contribution in [0.25, 0.3) is 0 Å². The summed E-state index contributed by atoms with van der Waals surface area (Å²) in [7, 11) is 0. The molecule has 0 fully saturated rings. The summed E-state index contributed by atoms with van der Waals surface area (Å²) in [5.41, 5.74) is 1.44. The zero-order valence-corrected chi connectivity index (χ0v) is 5.88. The van der Waals surface area contributed by atoms with Crippen LogP contribution in [0.5, 0.6) is 0 Å². The van der Waals surface area contributed by atoms with Gasteiger partial charge in [0.1, 0.15) is 0 Å². The minimum absolute atomic E-state index is 0.398. The van der Waals surface area contributed by atoms with Gasteiger partial charge in [0.05, 0.1) is 12.7 Å². The van der Waals surface area contributed by atoms with Gasteiger partial charge >= 0.3 is 0 Å². The summed E-state index contributed by atoms with van der Waals surface area (Å²) in [5.74, 6) is 0. The Morgan fingerprint density at radius 2 is 2.60 bits per heavy atom. The van der Waals surface area contributed by atoms with Crippen LogP contribution in [-0.4, -0.2) is 12.7 Å². The lowest BCUT2D eigenvalue weighted by atomic mass is 9.96. The molecule has 53 valence electrons. The van der Waals surface area contributed by atoms with Gasteiger partial charge in [0.25, 0.3) is 0 Å². The molecular weight excluding hydrogens is 124 g/mol. The standard InChI is InChI=1S/C8H11N2/c1-2-4-8-7(3-1)5-9-6-10-8/h2,4-5,8-9H,1,3,6H2. The van der Waals surface area contributed by atoms with Gasteiger partial charge in [0.2, 0.25) is 0 Å². The average molecular weight is 135 g/mol. The molecule has 1 N–H and O–H groups in total. The minimum Gasteiger partial charge on any atom is -0.377 e. The molecule has 0 spiro atoms. The largest absolute Gasteiger partial charge is 0.377 e. The van der Waals surface area contributed by atoms with Crippen molar-refractivity contribution in [3.05, 3.63) is 23.9 Å². The highest BCUT2D eigenvalue weighted by Gasteiger charge is 2.16. The highest BCUT2D eigenvalue weighted by atomic mass is 15.1. The Morgan fingerprint density at radius 3 is 3.50 bits per heavy atom. The Balaban J connectivity index is 2.20. The molecule has 0 amide bonds. The van der Waals surface area contributed by atoms with Gasteiger partial charge in [-0.3, -0.25) is 0 Å². The summed E-state index contributed by atoms with van der Waals surface area (Å²) in [6.45, 7) is 0.776. The monoisotopic (exact) mass is 135 g/mol. The van der Waals surface area contributed by atoms with E-state index in [9.17, 15) is 0 Å². The van der Waals surface area contributed by atoms with Crippen molar-refractivity contribution in [1.82, 2.24) is 10.6 Å². The van der Waals surface area contributed by atoms with Crippen LogP contribution in [0.2, 0.25) is 0 Å². The van der Waals surface area contributed by atoms with E-state index >= 15 is 0 Å². The summed E-state index contributed by atoms with van der Waals surface area (Å²) in [6, 6.07) is 0.398. The molecule has 1 heterocycles. The van der Waals surface area contributed by atoms with E-state index in [0.717, 1.165) is 6.67 Å². The van der Waals surface area contributed by atoms with Gasteiger partial charge in [-0.2, -0.15) is 0 Å². The van der Waals surface area contributed by atoms with Crippen LogP contribution in [0, 0.1) is 0 Å². The number of nitrogens with one attached hydrogen (secondary N) is 1. The fraction of sp³-hybridized carbons (Fsp3) is 0.500. The first-order chi connectivity index (χ1) is 4.97. The molecular formula is C8H11N2. The summed E-state index contributed by atoms with van der Waals surface area (Å²) in [5, 5.41) is 7.51. The molecule has 2 nitrogen and oxygen atoms in total. The van der Waals surface area contributed by atoms with Crippen LogP contribution in [0.1, 0.15) is 12.8 Å². The highest BCUT2D eigenvalue weighted by molar-refractivity contribution is 5.23. The summed E-state index contributed by atoms with van der Waals surface area (Å²) >= 11 is 0. The molecule has 0 aromatic carbocycles. The molecule has 0 bridgehead atoms. The van der Waals surface area contributed by atoms with Crippen molar-refractivity contribution in [3.63, 3.8) is 0 Å². The van der Waals surface area contributed by atoms with Crippen molar-refractivity contribution in [1.29, 1.82) is 0 Å². The molecule has 10 heavy (non-hydrogen) atoms. The van der Waals surface area contributed by atoms with Gasteiger partial charge in [-0.15, -0.1) is 0 Å². The first-order valence-electron chi connectivity index (χ1n) is 3.72. The summed E-state index contributed by atoms with van der Waals surface area (Å²) in [4.78, 5) is 0. The van der Waals surface area contributed by atoms with Crippen LogP contribution in [0.3, 0.4) is 0 Å². The molecule has 1 aliphatic carbocycles. The molecule has 1 aliphatic heterocycles. The Bertz CT molecular complexity index is 182. The van der Waals surface area contributed by atoms with Gasteiger partial charge < -0.3 is 5.32 Å². The second kappa shape index (κ2) is 2.46. The van der Waals surface area contributed by atoms with E-state index in [1.807, 2.05) is 0 Å². The van der Waals surface area contributed by atoms with Crippen LogP contribution in [0.4, 0.5) is 0 Å². The average Bonchev–Trinajstić information content (AvgIpc) is 2.05. The van der Waals surface area contributed by atoms with Crippen LogP contribution in [-0.2, 0) is 0 Å². The predicted octanol–water partition coefficient (Wildman–Crippen LogP) is 0.754. The Hall–Kier alpha value is -0.760. The molecule has 0 aromatic rings. The van der Waals surface area contributed by atoms with Crippen molar-refractivity contribution >= 4 is 0 Å². The van der Waals surface area contributed by atoms with Gasteiger partial charge in [-0.05, 0) is 24.6 Å². The number of rotatable bonds is 0. The molecule has 2 aliphatic rings. The first kappa shape index (κ1) is 5.98. The SMILES string of the molecule is C1=CC2[N]CNC=C2CC1. The molecule has 0 aromatic heterocycles. The lowest BCUT2D eigenvalue weighted by Crippen LogP contribution is -2.35. The maximum atomic E-state index is 4.39. The fourth-order valence-corrected chi connectivity index (χ4v) is 1.41. The molecule has 1 atom stereocenters. The lowest BCUT2D eigenvalue weighted by Gasteiger charge is -2.24. The Morgan fingerprint density at radius 1 is 1.60 bits per heavy atom. The van der Waals surface area contributed by atoms with Crippen molar-refractivity contribution in [3.8, 4) is 0 Å². The Kier molecular flexibility index (Phi) is 1.47. The van der Waals surface area contributed by atoms with Crippen LogP contribution in [0.15, 0.2) is 23.9 Å². The van der Waals surface area contributed by atoms with E-state index in [1.165, 1.54) is 18.4 Å². The van der Waals surface area contributed by atoms with E-state index in [-0.39, 0.29) is 0 Å². The first-order valence-corrected chi connectivity index (χ1v) is 3.72. The van der Waals surface area contributed by atoms with E-state index < -0.39 is 0 Å². The van der Waals surface area contributed by atoms with Gasteiger partial charge in [-0.25, -0.2) is 5.32 Å². The van der Waals surface area contributed by atoms with E-state index in [1.54, 1.807) is 0 Å². The van der Waals surface area contributed by atoms with Gasteiger partial charge in [0, 0.05) is 0 Å². The van der Waals surface area contributed by atoms with Crippen molar-refractivity contribution in [2.24, 2.45) is 0 Å². The Labute approximate surface area is 61.0 Å². The summed E-state index contributed by atoms with van der Waals surface area (Å²) in [6.07, 6.45) is 8.88. The summed E-state index contributed by atoms with van der Waals surface area (Å²) < 4.78 is 0. The van der Waals surface area contributed by atoms with Crippen LogP contribution >= 0.6 is 0 Å². The van der Waals surface area contributed by atoms with E-state index in [2.05, 4.69) is 29.0 Å². The van der Waals surface area contributed by atoms with Crippen LogP contribution < -0.4 is 10.6 Å². The second-order valence-electron chi connectivity index (χ2n) is 2.68. The number of allylic oxidation sites excluding steroid dienone is 1. The maximum Gasteiger partial charge on any atom is 0.0820 e. The molecule has 2 rings (SSSR count). The minimum atomic E-state index is 0.398. The maximum absolute atomic E-state index is 4.39. The third-order valence-electron chi connectivity index (χ3n) is 1.96. The zero-order valence-electron chi connectivity index (χ0n) is 5.88. The van der Waals surface area contributed by atoms with Crippen molar-refractivity contribution in [2.45, 2.75) is 18.9 Å². The lowest BCUT2D eigenvalue weighted by molar-refractivity contribution is 0.543. The normalized spacial score (nSPS) is 30.4. The second-order valence-corrected chi connectivity index (χ2v) is 2.68. The quantitative estimate of drug-likeness (QED) is 0.487. The fourth-order valence-electron chi connectivity index (χ4n) is 1.41. The van der Waals surface area contributed by atoms with Crippen molar-refractivity contribution in [2.75, 3.05) is 6.67 Å². The predicted molar refractivity (Wildman–Crippen MR) is 40.4 cm³/mol. The van der Waals surface area contributed by atoms with Crippen molar-refractivity contribution < 1.29 is 0 Å². The molecule has 0 saturated carbocycles. The number of hydrogen-bond acceptors (Lipinski definition) is 1. The third-order valence-corrected chi connectivity index (χ3v) is 1.96. The molecule has 2 heteroatoms. The molecule has 0 saturated heterocycles. The highest BCUT2D eigenvalue weighted by Crippen LogP contribution is 2.18. The van der Waals surface area contributed by atoms with E-state index in [0.29, 0.717) is 6.04 Å². The third kappa shape index (κ3) is 0.948. The van der Waals surface area contributed by atoms with Gasteiger partial charge in [0.15, 0.2) is 0 Å².